The Kier molecular flexibility index (Phi) is 5.51. The summed E-state index contributed by atoms with van der Waals surface area (Å²) in [6.07, 6.45) is 0. The zero-order chi connectivity index (χ0) is 17.5. The first-order chi connectivity index (χ1) is 11.5. The van der Waals surface area contributed by atoms with Crippen molar-refractivity contribution in [1.82, 2.24) is 5.32 Å². The van der Waals surface area contributed by atoms with Crippen molar-refractivity contribution in [3.05, 3.63) is 65.7 Å². The highest BCUT2D eigenvalue weighted by molar-refractivity contribution is 5.98. The summed E-state index contributed by atoms with van der Waals surface area (Å²) >= 11 is 0. The highest BCUT2D eigenvalue weighted by Gasteiger charge is 2.21. The maximum absolute atomic E-state index is 12.2. The molecule has 0 fully saturated rings. The van der Waals surface area contributed by atoms with Crippen LogP contribution in [0.1, 0.15) is 22.0 Å². The molecule has 3 amide bonds. The molecule has 0 radical (unpaired) electrons. The minimum atomic E-state index is -0.927. The largest absolute Gasteiger partial charge is 0.465 e. The van der Waals surface area contributed by atoms with Crippen molar-refractivity contribution in [3.63, 3.8) is 0 Å². The van der Waals surface area contributed by atoms with Crippen molar-refractivity contribution in [2.45, 2.75) is 6.04 Å². The number of amides is 3. The third-order valence-corrected chi connectivity index (χ3v) is 3.26. The van der Waals surface area contributed by atoms with Gasteiger partial charge in [-0.2, -0.15) is 0 Å². The fraction of sp³-hybridized carbons (Fsp3) is 0.118. The Hall–Kier alpha value is -3.35. The number of hydrogen-bond donors (Lipinski definition) is 3. The third kappa shape index (κ3) is 4.33. The molecule has 0 saturated carbocycles. The Morgan fingerprint density at radius 3 is 2.17 bits per heavy atom. The number of carbonyl (C=O) groups is 3. The number of primary amides is 1. The highest BCUT2D eigenvalue weighted by atomic mass is 16.5. The van der Waals surface area contributed by atoms with Gasteiger partial charge in [-0.25, -0.2) is 9.59 Å². The summed E-state index contributed by atoms with van der Waals surface area (Å²) in [5, 5.41) is 5.08. The Labute approximate surface area is 138 Å². The van der Waals surface area contributed by atoms with Crippen LogP contribution in [0.25, 0.3) is 0 Å². The molecule has 0 unspecified atom stereocenters. The molecule has 24 heavy (non-hydrogen) atoms. The van der Waals surface area contributed by atoms with Crippen LogP contribution in [-0.4, -0.2) is 25.0 Å². The van der Waals surface area contributed by atoms with Crippen molar-refractivity contribution in [1.29, 1.82) is 0 Å². The summed E-state index contributed by atoms with van der Waals surface area (Å²) < 4.78 is 4.63. The molecular formula is C17H17N3O4. The Morgan fingerprint density at radius 1 is 1.00 bits per heavy atom. The molecule has 7 nitrogen and oxygen atoms in total. The van der Waals surface area contributed by atoms with E-state index >= 15 is 0 Å². The molecule has 4 N–H and O–H groups in total. The predicted molar refractivity (Wildman–Crippen MR) is 88.3 cm³/mol. The molecule has 7 heteroatoms. The molecule has 2 aromatic rings. The fourth-order valence-electron chi connectivity index (χ4n) is 2.13. The number of ether oxygens (including phenoxy) is 1. The van der Waals surface area contributed by atoms with E-state index in [4.69, 9.17) is 5.73 Å². The van der Waals surface area contributed by atoms with E-state index in [0.29, 0.717) is 16.8 Å². The van der Waals surface area contributed by atoms with E-state index in [2.05, 4.69) is 15.4 Å². The molecule has 2 rings (SSSR count). The molecule has 0 heterocycles. The molecule has 0 saturated heterocycles. The second-order valence-electron chi connectivity index (χ2n) is 4.91. The van der Waals surface area contributed by atoms with Crippen LogP contribution in [0.2, 0.25) is 0 Å². The van der Waals surface area contributed by atoms with E-state index in [1.807, 2.05) is 6.07 Å². The molecule has 0 spiro atoms. The van der Waals surface area contributed by atoms with Gasteiger partial charge >= 0.3 is 12.0 Å². The lowest BCUT2D eigenvalue weighted by Gasteiger charge is -2.19. The molecule has 2 aromatic carbocycles. The first-order valence-electron chi connectivity index (χ1n) is 7.11. The number of benzene rings is 2. The number of nitrogens with two attached hydrogens (primary N) is 1. The van der Waals surface area contributed by atoms with Gasteiger partial charge in [0.2, 0.25) is 0 Å². The van der Waals surface area contributed by atoms with Crippen LogP contribution in [0.4, 0.5) is 10.5 Å². The second kappa shape index (κ2) is 7.77. The SMILES string of the molecule is COC(=O)c1ccc(N[C@H](C(=O)NC(N)=O)c2ccccc2)cc1. The number of rotatable bonds is 5. The maximum Gasteiger partial charge on any atom is 0.337 e. The molecule has 1 atom stereocenters. The Bertz CT molecular complexity index is 729. The van der Waals surface area contributed by atoms with Crippen molar-refractivity contribution < 1.29 is 19.1 Å². The molecule has 0 aliphatic heterocycles. The van der Waals surface area contributed by atoms with Gasteiger partial charge < -0.3 is 15.8 Å². The van der Waals surface area contributed by atoms with E-state index in [-0.39, 0.29) is 0 Å². The van der Waals surface area contributed by atoms with Gasteiger partial charge in [0.05, 0.1) is 12.7 Å². The first kappa shape index (κ1) is 17.0. The van der Waals surface area contributed by atoms with Crippen LogP contribution >= 0.6 is 0 Å². The third-order valence-electron chi connectivity index (χ3n) is 3.26. The standard InChI is InChI=1S/C17H17N3O4/c1-24-16(22)12-7-9-13(10-8-12)19-14(15(21)20-17(18)23)11-5-3-2-4-6-11/h2-10,14,19H,1H3,(H3,18,20,21,23)/t14-/m0/s1. The van der Waals surface area contributed by atoms with Gasteiger partial charge in [-0.3, -0.25) is 10.1 Å². The molecular weight excluding hydrogens is 310 g/mol. The summed E-state index contributed by atoms with van der Waals surface area (Å²) in [7, 11) is 1.30. The Balaban J connectivity index is 2.23. The lowest BCUT2D eigenvalue weighted by atomic mass is 10.1. The van der Waals surface area contributed by atoms with Crippen LogP contribution in [0.5, 0.6) is 0 Å². The Morgan fingerprint density at radius 2 is 1.62 bits per heavy atom. The number of methoxy groups -OCH3 is 1. The summed E-state index contributed by atoms with van der Waals surface area (Å²) in [5.74, 6) is -1.03. The summed E-state index contributed by atoms with van der Waals surface area (Å²) in [6.45, 7) is 0. The van der Waals surface area contributed by atoms with Gasteiger partial charge in [0.15, 0.2) is 0 Å². The molecule has 124 valence electrons. The van der Waals surface area contributed by atoms with Gasteiger partial charge in [-0.1, -0.05) is 30.3 Å². The van der Waals surface area contributed by atoms with Crippen molar-refractivity contribution >= 4 is 23.6 Å². The molecule has 0 aromatic heterocycles. The quantitative estimate of drug-likeness (QED) is 0.726. The average Bonchev–Trinajstić information content (AvgIpc) is 2.59. The normalized spacial score (nSPS) is 11.2. The second-order valence-corrected chi connectivity index (χ2v) is 4.91. The van der Waals surface area contributed by atoms with Crippen LogP contribution in [0.15, 0.2) is 54.6 Å². The zero-order valence-electron chi connectivity index (χ0n) is 13.0. The topological polar surface area (TPSA) is 111 Å². The fourth-order valence-corrected chi connectivity index (χ4v) is 2.13. The van der Waals surface area contributed by atoms with Gasteiger partial charge in [0.1, 0.15) is 6.04 Å². The van der Waals surface area contributed by atoms with Gasteiger partial charge in [-0.05, 0) is 29.8 Å². The molecule has 0 aliphatic carbocycles. The minimum Gasteiger partial charge on any atom is -0.465 e. The van der Waals surface area contributed by atoms with Crippen LogP contribution in [0.3, 0.4) is 0 Å². The number of imide groups is 1. The number of carbonyl (C=O) groups excluding carboxylic acids is 3. The van der Waals surface area contributed by atoms with E-state index in [1.54, 1.807) is 48.5 Å². The highest BCUT2D eigenvalue weighted by Crippen LogP contribution is 2.20. The first-order valence-corrected chi connectivity index (χ1v) is 7.11. The lowest BCUT2D eigenvalue weighted by Crippen LogP contribution is -2.40. The number of esters is 1. The smallest absolute Gasteiger partial charge is 0.337 e. The van der Waals surface area contributed by atoms with E-state index in [9.17, 15) is 14.4 Å². The number of nitrogens with one attached hydrogen (secondary N) is 2. The summed E-state index contributed by atoms with van der Waals surface area (Å²) in [4.78, 5) is 34.6. The number of urea groups is 1. The average molecular weight is 327 g/mol. The molecule has 0 bridgehead atoms. The summed E-state index contributed by atoms with van der Waals surface area (Å²) in [6, 6.07) is 13.6. The van der Waals surface area contributed by atoms with Gasteiger partial charge in [0, 0.05) is 5.69 Å². The van der Waals surface area contributed by atoms with Gasteiger partial charge in [-0.15, -0.1) is 0 Å². The van der Waals surface area contributed by atoms with E-state index in [0.717, 1.165) is 0 Å². The monoisotopic (exact) mass is 327 g/mol. The van der Waals surface area contributed by atoms with Crippen molar-refractivity contribution in [3.8, 4) is 0 Å². The maximum atomic E-state index is 12.2. The number of anilines is 1. The summed E-state index contributed by atoms with van der Waals surface area (Å²) in [5.41, 5.74) is 6.66. The molecule has 0 aliphatic rings. The van der Waals surface area contributed by atoms with Gasteiger partial charge in [0.25, 0.3) is 5.91 Å². The van der Waals surface area contributed by atoms with Crippen molar-refractivity contribution in [2.24, 2.45) is 5.73 Å². The van der Waals surface area contributed by atoms with Crippen LogP contribution in [-0.2, 0) is 9.53 Å². The number of hydrogen-bond acceptors (Lipinski definition) is 5. The van der Waals surface area contributed by atoms with Crippen LogP contribution < -0.4 is 16.4 Å². The minimum absolute atomic E-state index is 0.390. The van der Waals surface area contributed by atoms with E-state index in [1.165, 1.54) is 7.11 Å². The lowest BCUT2D eigenvalue weighted by molar-refractivity contribution is -0.120. The van der Waals surface area contributed by atoms with Crippen molar-refractivity contribution in [2.75, 3.05) is 12.4 Å². The van der Waals surface area contributed by atoms with E-state index < -0.39 is 23.9 Å². The van der Waals surface area contributed by atoms with Crippen LogP contribution in [0, 0.1) is 0 Å². The predicted octanol–water partition coefficient (Wildman–Crippen LogP) is 1.82. The zero-order valence-corrected chi connectivity index (χ0v) is 13.0.